The summed E-state index contributed by atoms with van der Waals surface area (Å²) in [6.07, 6.45) is 0. The number of hydrogen-bond acceptors (Lipinski definition) is 3. The van der Waals surface area contributed by atoms with Crippen LogP contribution in [0, 0.1) is 0 Å². The molecular formula is C16H18ClNO2. The van der Waals surface area contributed by atoms with Crippen LogP contribution in [0.5, 0.6) is 11.5 Å². The Hall–Kier alpha value is -1.71. The third-order valence-corrected chi connectivity index (χ3v) is 3.42. The highest BCUT2D eigenvalue weighted by atomic mass is 35.5. The van der Waals surface area contributed by atoms with Gasteiger partial charge in [-0.25, -0.2) is 0 Å². The molecule has 106 valence electrons. The van der Waals surface area contributed by atoms with Crippen molar-refractivity contribution >= 4 is 11.6 Å². The molecule has 2 aromatic rings. The van der Waals surface area contributed by atoms with E-state index in [0.717, 1.165) is 11.1 Å². The second-order valence-electron chi connectivity index (χ2n) is 4.58. The first-order valence-corrected chi connectivity index (χ1v) is 6.79. The van der Waals surface area contributed by atoms with Crippen LogP contribution in [-0.4, -0.2) is 7.11 Å². The van der Waals surface area contributed by atoms with E-state index in [0.29, 0.717) is 23.1 Å². The Kier molecular flexibility index (Phi) is 4.88. The van der Waals surface area contributed by atoms with Crippen LogP contribution in [0.25, 0.3) is 0 Å². The standard InChI is InChI=1S/C16H18ClNO2/c1-11(18)12-7-8-15(16(9-12)19-2)20-10-13-5-3-4-6-14(13)17/h3-9,11H,10,18H2,1-2H3/t11-/m0/s1. The second-order valence-corrected chi connectivity index (χ2v) is 4.99. The number of nitrogens with two attached hydrogens (primary N) is 1. The molecule has 0 unspecified atom stereocenters. The Morgan fingerprint density at radius 2 is 1.90 bits per heavy atom. The van der Waals surface area contributed by atoms with Gasteiger partial charge in [-0.2, -0.15) is 0 Å². The van der Waals surface area contributed by atoms with Gasteiger partial charge < -0.3 is 15.2 Å². The minimum atomic E-state index is -0.0403. The van der Waals surface area contributed by atoms with E-state index < -0.39 is 0 Å². The normalized spacial score (nSPS) is 12.0. The zero-order valence-electron chi connectivity index (χ0n) is 11.6. The molecule has 0 radical (unpaired) electrons. The molecule has 2 rings (SSSR count). The van der Waals surface area contributed by atoms with Crippen molar-refractivity contribution in [2.45, 2.75) is 19.6 Å². The number of benzene rings is 2. The van der Waals surface area contributed by atoms with Gasteiger partial charge in [-0.15, -0.1) is 0 Å². The van der Waals surface area contributed by atoms with Crippen molar-refractivity contribution in [1.29, 1.82) is 0 Å². The van der Waals surface area contributed by atoms with E-state index in [1.165, 1.54) is 0 Å². The third kappa shape index (κ3) is 3.44. The molecular weight excluding hydrogens is 274 g/mol. The van der Waals surface area contributed by atoms with Crippen LogP contribution in [0.3, 0.4) is 0 Å². The van der Waals surface area contributed by atoms with Crippen molar-refractivity contribution in [3.63, 3.8) is 0 Å². The Morgan fingerprint density at radius 3 is 2.55 bits per heavy atom. The zero-order valence-corrected chi connectivity index (χ0v) is 12.4. The number of hydrogen-bond donors (Lipinski definition) is 1. The van der Waals surface area contributed by atoms with Crippen LogP contribution >= 0.6 is 11.6 Å². The summed E-state index contributed by atoms with van der Waals surface area (Å²) in [6, 6.07) is 13.3. The van der Waals surface area contributed by atoms with Crippen molar-refractivity contribution in [2.75, 3.05) is 7.11 Å². The van der Waals surface area contributed by atoms with Gasteiger partial charge in [0, 0.05) is 16.6 Å². The van der Waals surface area contributed by atoms with Gasteiger partial charge in [0.2, 0.25) is 0 Å². The minimum Gasteiger partial charge on any atom is -0.493 e. The Bertz CT molecular complexity index is 584. The number of rotatable bonds is 5. The van der Waals surface area contributed by atoms with E-state index >= 15 is 0 Å². The van der Waals surface area contributed by atoms with Crippen molar-refractivity contribution in [3.05, 3.63) is 58.6 Å². The maximum Gasteiger partial charge on any atom is 0.161 e. The predicted molar refractivity (Wildman–Crippen MR) is 81.4 cm³/mol. The lowest BCUT2D eigenvalue weighted by Crippen LogP contribution is -2.05. The fourth-order valence-corrected chi connectivity index (χ4v) is 2.05. The largest absolute Gasteiger partial charge is 0.493 e. The van der Waals surface area contributed by atoms with Crippen molar-refractivity contribution < 1.29 is 9.47 Å². The number of methoxy groups -OCH3 is 1. The van der Waals surface area contributed by atoms with Crippen LogP contribution in [0.2, 0.25) is 5.02 Å². The molecule has 0 saturated carbocycles. The van der Waals surface area contributed by atoms with E-state index in [1.807, 2.05) is 49.4 Å². The molecule has 0 aliphatic carbocycles. The number of halogens is 1. The molecule has 0 aliphatic heterocycles. The average Bonchev–Trinajstić information content (AvgIpc) is 2.46. The van der Waals surface area contributed by atoms with Crippen LogP contribution in [0.4, 0.5) is 0 Å². The maximum atomic E-state index is 6.10. The molecule has 0 saturated heterocycles. The van der Waals surface area contributed by atoms with E-state index in [-0.39, 0.29) is 6.04 Å². The third-order valence-electron chi connectivity index (χ3n) is 3.05. The lowest BCUT2D eigenvalue weighted by molar-refractivity contribution is 0.284. The maximum absolute atomic E-state index is 6.10. The highest BCUT2D eigenvalue weighted by Gasteiger charge is 2.09. The Labute approximate surface area is 124 Å². The van der Waals surface area contributed by atoms with Crippen LogP contribution < -0.4 is 15.2 Å². The van der Waals surface area contributed by atoms with Crippen molar-refractivity contribution in [1.82, 2.24) is 0 Å². The molecule has 0 fully saturated rings. The van der Waals surface area contributed by atoms with Crippen molar-refractivity contribution in [2.24, 2.45) is 5.73 Å². The fraction of sp³-hybridized carbons (Fsp3) is 0.250. The molecule has 1 atom stereocenters. The lowest BCUT2D eigenvalue weighted by atomic mass is 10.1. The Balaban J connectivity index is 2.15. The summed E-state index contributed by atoms with van der Waals surface area (Å²) in [5.41, 5.74) is 7.80. The summed E-state index contributed by atoms with van der Waals surface area (Å²) in [4.78, 5) is 0. The first kappa shape index (κ1) is 14.7. The molecule has 0 spiro atoms. The average molecular weight is 292 g/mol. The summed E-state index contributed by atoms with van der Waals surface area (Å²) in [5.74, 6) is 1.35. The minimum absolute atomic E-state index is 0.0403. The second kappa shape index (κ2) is 6.64. The first-order valence-electron chi connectivity index (χ1n) is 6.41. The van der Waals surface area contributed by atoms with E-state index in [4.69, 9.17) is 26.8 Å². The van der Waals surface area contributed by atoms with Gasteiger partial charge in [0.05, 0.1) is 7.11 Å². The molecule has 2 N–H and O–H groups in total. The molecule has 0 bridgehead atoms. The van der Waals surface area contributed by atoms with E-state index in [1.54, 1.807) is 7.11 Å². The molecule has 0 aromatic heterocycles. The van der Waals surface area contributed by atoms with Gasteiger partial charge in [-0.1, -0.05) is 35.9 Å². The van der Waals surface area contributed by atoms with Gasteiger partial charge in [-0.05, 0) is 30.7 Å². The zero-order chi connectivity index (χ0) is 14.5. The molecule has 20 heavy (non-hydrogen) atoms. The van der Waals surface area contributed by atoms with Gasteiger partial charge in [0.15, 0.2) is 11.5 Å². The topological polar surface area (TPSA) is 44.5 Å². The molecule has 3 nitrogen and oxygen atoms in total. The monoisotopic (exact) mass is 291 g/mol. The van der Waals surface area contributed by atoms with Gasteiger partial charge in [-0.3, -0.25) is 0 Å². The summed E-state index contributed by atoms with van der Waals surface area (Å²) in [5, 5.41) is 0.693. The van der Waals surface area contributed by atoms with E-state index in [9.17, 15) is 0 Å². The molecule has 0 amide bonds. The van der Waals surface area contributed by atoms with Gasteiger partial charge >= 0.3 is 0 Å². The molecule has 2 aromatic carbocycles. The highest BCUT2D eigenvalue weighted by Crippen LogP contribution is 2.31. The first-order chi connectivity index (χ1) is 9.61. The number of ether oxygens (including phenoxy) is 2. The summed E-state index contributed by atoms with van der Waals surface area (Å²) < 4.78 is 11.1. The fourth-order valence-electron chi connectivity index (χ4n) is 1.86. The molecule has 0 heterocycles. The van der Waals surface area contributed by atoms with Gasteiger partial charge in [0.1, 0.15) is 6.61 Å². The lowest BCUT2D eigenvalue weighted by Gasteiger charge is -2.14. The van der Waals surface area contributed by atoms with E-state index in [2.05, 4.69) is 0 Å². The van der Waals surface area contributed by atoms with Crippen LogP contribution in [-0.2, 0) is 6.61 Å². The molecule has 0 aliphatic rings. The molecule has 4 heteroatoms. The van der Waals surface area contributed by atoms with Gasteiger partial charge in [0.25, 0.3) is 0 Å². The Morgan fingerprint density at radius 1 is 1.15 bits per heavy atom. The smallest absolute Gasteiger partial charge is 0.161 e. The quantitative estimate of drug-likeness (QED) is 0.907. The van der Waals surface area contributed by atoms with Crippen LogP contribution in [0.15, 0.2) is 42.5 Å². The van der Waals surface area contributed by atoms with Crippen molar-refractivity contribution in [3.8, 4) is 11.5 Å². The SMILES string of the molecule is COc1cc([C@H](C)N)ccc1OCc1ccccc1Cl. The summed E-state index contributed by atoms with van der Waals surface area (Å²) in [6.45, 7) is 2.33. The summed E-state index contributed by atoms with van der Waals surface area (Å²) in [7, 11) is 1.61. The predicted octanol–water partition coefficient (Wildman–Crippen LogP) is 3.95. The summed E-state index contributed by atoms with van der Waals surface area (Å²) >= 11 is 6.10. The van der Waals surface area contributed by atoms with Crippen LogP contribution in [0.1, 0.15) is 24.1 Å². The highest BCUT2D eigenvalue weighted by molar-refractivity contribution is 6.31.